The smallest absolute Gasteiger partial charge is 0.350 e. The molecular formula is C27H30N6O3. The van der Waals surface area contributed by atoms with Gasteiger partial charge in [-0.25, -0.2) is 13.9 Å². The van der Waals surface area contributed by atoms with Gasteiger partial charge in [0, 0.05) is 37.2 Å². The van der Waals surface area contributed by atoms with E-state index >= 15 is 0 Å². The maximum Gasteiger partial charge on any atom is 0.350 e. The van der Waals surface area contributed by atoms with E-state index in [-0.39, 0.29) is 18.4 Å². The van der Waals surface area contributed by atoms with Crippen molar-refractivity contribution in [3.63, 3.8) is 0 Å². The van der Waals surface area contributed by atoms with Gasteiger partial charge >= 0.3 is 5.69 Å². The molecule has 0 spiro atoms. The van der Waals surface area contributed by atoms with Gasteiger partial charge in [0.15, 0.2) is 5.65 Å². The zero-order valence-corrected chi connectivity index (χ0v) is 20.7. The zero-order valence-electron chi connectivity index (χ0n) is 20.7. The van der Waals surface area contributed by atoms with Crippen LogP contribution in [0.4, 0.5) is 11.4 Å². The Morgan fingerprint density at radius 1 is 1.00 bits per heavy atom. The highest BCUT2D eigenvalue weighted by Gasteiger charge is 2.14. The maximum atomic E-state index is 12.9. The molecule has 0 unspecified atom stereocenters. The topological polar surface area (TPSA) is 101 Å². The van der Waals surface area contributed by atoms with Gasteiger partial charge in [0.1, 0.15) is 6.54 Å². The Kier molecular flexibility index (Phi) is 7.48. The van der Waals surface area contributed by atoms with Crippen LogP contribution in [0.3, 0.4) is 0 Å². The molecule has 2 aromatic carbocycles. The molecule has 2 amide bonds. The Bertz CT molecular complexity index is 1440. The van der Waals surface area contributed by atoms with Crippen molar-refractivity contribution in [3.05, 3.63) is 94.0 Å². The van der Waals surface area contributed by atoms with Gasteiger partial charge in [0.25, 0.3) is 5.91 Å². The van der Waals surface area contributed by atoms with E-state index in [1.54, 1.807) is 12.1 Å². The first-order valence-corrected chi connectivity index (χ1v) is 12.0. The number of hydrogen-bond donors (Lipinski definition) is 2. The van der Waals surface area contributed by atoms with Gasteiger partial charge in [0.05, 0.1) is 5.56 Å². The molecule has 0 saturated heterocycles. The fourth-order valence-corrected chi connectivity index (χ4v) is 4.04. The number of carbonyl (C=O) groups excluding carboxylic acids is 2. The number of benzene rings is 2. The average molecular weight is 487 g/mol. The van der Waals surface area contributed by atoms with Crippen molar-refractivity contribution in [2.45, 2.75) is 33.9 Å². The van der Waals surface area contributed by atoms with Crippen LogP contribution in [0.2, 0.25) is 0 Å². The normalized spacial score (nSPS) is 10.9. The predicted octanol–water partition coefficient (Wildman–Crippen LogP) is 3.22. The maximum absolute atomic E-state index is 12.9. The van der Waals surface area contributed by atoms with Gasteiger partial charge in [-0.05, 0) is 62.2 Å². The first-order chi connectivity index (χ1) is 17.4. The zero-order chi connectivity index (χ0) is 25.7. The Morgan fingerprint density at radius 3 is 2.44 bits per heavy atom. The minimum Gasteiger partial charge on any atom is -0.372 e. The summed E-state index contributed by atoms with van der Waals surface area (Å²) in [5.74, 6) is -0.665. The molecule has 0 aliphatic rings. The molecule has 9 nitrogen and oxygen atoms in total. The number of nitrogens with one attached hydrogen (secondary N) is 2. The lowest BCUT2D eigenvalue weighted by atomic mass is 10.1. The fraction of sp³-hybridized carbons (Fsp3) is 0.259. The molecule has 0 radical (unpaired) electrons. The number of hydrogen-bond acceptors (Lipinski definition) is 5. The fourth-order valence-electron chi connectivity index (χ4n) is 4.04. The molecule has 0 bridgehead atoms. The predicted molar refractivity (Wildman–Crippen MR) is 140 cm³/mol. The second-order valence-corrected chi connectivity index (χ2v) is 8.47. The standard InChI is InChI=1S/C27H30N6O3/c1-4-31(5-2)22-12-13-23(19(3)15-22)29-25(34)18-33-27(36)32-17-21(11-14-24(32)30-33)26(35)28-16-20-9-7-6-8-10-20/h6-15,17H,4-5,16,18H2,1-3H3,(H,28,35)(H,29,34). The van der Waals surface area contributed by atoms with Crippen LogP contribution in [0.5, 0.6) is 0 Å². The van der Waals surface area contributed by atoms with Crippen molar-refractivity contribution < 1.29 is 9.59 Å². The summed E-state index contributed by atoms with van der Waals surface area (Å²) in [5.41, 5.74) is 3.87. The summed E-state index contributed by atoms with van der Waals surface area (Å²) in [6, 6.07) is 18.6. The van der Waals surface area contributed by atoms with Crippen LogP contribution in [0, 0.1) is 6.92 Å². The van der Waals surface area contributed by atoms with Crippen LogP contribution in [-0.2, 0) is 17.9 Å². The summed E-state index contributed by atoms with van der Waals surface area (Å²) in [6.45, 7) is 8.06. The van der Waals surface area contributed by atoms with E-state index in [1.807, 2.05) is 55.5 Å². The van der Waals surface area contributed by atoms with Gasteiger partial charge in [0.2, 0.25) is 5.91 Å². The molecule has 2 heterocycles. The summed E-state index contributed by atoms with van der Waals surface area (Å²) >= 11 is 0. The summed E-state index contributed by atoms with van der Waals surface area (Å²) in [4.78, 5) is 40.4. The molecule has 2 N–H and O–H groups in total. The van der Waals surface area contributed by atoms with Crippen LogP contribution < -0.4 is 21.2 Å². The Balaban J connectivity index is 1.45. The molecule has 186 valence electrons. The third kappa shape index (κ3) is 5.46. The van der Waals surface area contributed by atoms with Crippen molar-refractivity contribution >= 4 is 28.8 Å². The molecule has 2 aromatic heterocycles. The molecule has 0 aliphatic carbocycles. The number of fused-ring (bicyclic) bond motifs is 1. The lowest BCUT2D eigenvalue weighted by Gasteiger charge is -2.22. The number of aryl methyl sites for hydroxylation is 1. The van der Waals surface area contributed by atoms with Crippen molar-refractivity contribution in [3.8, 4) is 0 Å². The van der Waals surface area contributed by atoms with Crippen LogP contribution in [-0.4, -0.2) is 39.1 Å². The lowest BCUT2D eigenvalue weighted by Crippen LogP contribution is -2.29. The number of nitrogens with zero attached hydrogens (tertiary/aromatic N) is 4. The lowest BCUT2D eigenvalue weighted by molar-refractivity contribution is -0.117. The van der Waals surface area contributed by atoms with E-state index in [0.717, 1.165) is 34.6 Å². The Labute approximate surface area is 209 Å². The van der Waals surface area contributed by atoms with Crippen LogP contribution >= 0.6 is 0 Å². The Morgan fingerprint density at radius 2 is 1.75 bits per heavy atom. The second-order valence-electron chi connectivity index (χ2n) is 8.47. The minimum atomic E-state index is -0.494. The molecular weight excluding hydrogens is 456 g/mol. The summed E-state index contributed by atoms with van der Waals surface area (Å²) in [6.07, 6.45) is 1.44. The highest BCUT2D eigenvalue weighted by Crippen LogP contribution is 2.22. The number of anilines is 2. The summed E-state index contributed by atoms with van der Waals surface area (Å²) in [5, 5.41) is 9.94. The van der Waals surface area contributed by atoms with E-state index < -0.39 is 5.69 Å². The van der Waals surface area contributed by atoms with Crippen molar-refractivity contribution in [1.82, 2.24) is 19.5 Å². The number of aromatic nitrogens is 3. The molecule has 0 saturated carbocycles. The first-order valence-electron chi connectivity index (χ1n) is 12.0. The number of rotatable bonds is 9. The minimum absolute atomic E-state index is 0.243. The second kappa shape index (κ2) is 10.9. The van der Waals surface area contributed by atoms with Crippen molar-refractivity contribution in [1.29, 1.82) is 0 Å². The van der Waals surface area contributed by atoms with Crippen molar-refractivity contribution in [2.24, 2.45) is 0 Å². The highest BCUT2D eigenvalue weighted by molar-refractivity contribution is 5.94. The van der Waals surface area contributed by atoms with Gasteiger partial charge in [-0.3, -0.25) is 9.59 Å². The summed E-state index contributed by atoms with van der Waals surface area (Å²) < 4.78 is 2.37. The third-order valence-corrected chi connectivity index (χ3v) is 6.04. The SMILES string of the molecule is CCN(CC)c1ccc(NC(=O)Cn2nc3ccc(C(=O)NCc4ccccc4)cn3c2=O)c(C)c1. The number of carbonyl (C=O) groups is 2. The molecule has 4 aromatic rings. The Hall–Kier alpha value is -4.40. The molecule has 9 heteroatoms. The van der Waals surface area contributed by atoms with Crippen LogP contribution in [0.15, 0.2) is 71.7 Å². The molecule has 36 heavy (non-hydrogen) atoms. The number of pyridine rings is 1. The monoisotopic (exact) mass is 486 g/mol. The molecule has 0 atom stereocenters. The summed E-state index contributed by atoms with van der Waals surface area (Å²) in [7, 11) is 0. The van der Waals surface area contributed by atoms with Crippen LogP contribution in [0.1, 0.15) is 35.3 Å². The van der Waals surface area contributed by atoms with Crippen LogP contribution in [0.25, 0.3) is 5.65 Å². The van der Waals surface area contributed by atoms with E-state index in [2.05, 4.69) is 34.5 Å². The highest BCUT2D eigenvalue weighted by atomic mass is 16.2. The largest absolute Gasteiger partial charge is 0.372 e. The van der Waals surface area contributed by atoms with Crippen molar-refractivity contribution in [2.75, 3.05) is 23.3 Å². The molecule has 0 aliphatic heterocycles. The molecule has 4 rings (SSSR count). The van der Waals surface area contributed by atoms with Gasteiger partial charge < -0.3 is 15.5 Å². The van der Waals surface area contributed by atoms with E-state index in [9.17, 15) is 14.4 Å². The van der Waals surface area contributed by atoms with Gasteiger partial charge in [-0.2, -0.15) is 0 Å². The first kappa shape index (κ1) is 24.7. The number of amides is 2. The van der Waals surface area contributed by atoms with Gasteiger partial charge in [-0.1, -0.05) is 30.3 Å². The van der Waals surface area contributed by atoms with E-state index in [4.69, 9.17) is 0 Å². The van der Waals surface area contributed by atoms with Gasteiger partial charge in [-0.15, -0.1) is 5.10 Å². The quantitative estimate of drug-likeness (QED) is 0.378. The van der Waals surface area contributed by atoms with E-state index in [0.29, 0.717) is 23.4 Å². The third-order valence-electron chi connectivity index (χ3n) is 6.04. The van der Waals surface area contributed by atoms with E-state index in [1.165, 1.54) is 10.6 Å². The average Bonchev–Trinajstić information content (AvgIpc) is 3.19. The molecule has 0 fully saturated rings.